The van der Waals surface area contributed by atoms with Crippen LogP contribution in [-0.4, -0.2) is 0 Å². The fourth-order valence-electron chi connectivity index (χ4n) is 4.39. The summed E-state index contributed by atoms with van der Waals surface area (Å²) in [7, 11) is -2.28. The van der Waals surface area contributed by atoms with Crippen molar-refractivity contribution in [1.82, 2.24) is 0 Å². The molecule has 1 N–H and O–H groups in total. The Labute approximate surface area is 202 Å². The Hall–Kier alpha value is -3.93. The number of rotatable bonds is 7. The van der Waals surface area contributed by atoms with Gasteiger partial charge in [-0.1, -0.05) is 121 Å². The molecule has 1 nitrogen and oxygen atoms in total. The average Bonchev–Trinajstić information content (AvgIpc) is 2.94. The zero-order valence-electron chi connectivity index (χ0n) is 18.9. The lowest BCUT2D eigenvalue weighted by atomic mass is 10.2. The maximum atomic E-state index is 3.70. The van der Waals surface area contributed by atoms with E-state index in [-0.39, 0.29) is 0 Å². The molecule has 5 rings (SSSR count). The summed E-state index contributed by atoms with van der Waals surface area (Å²) in [6, 6.07) is 53.6. The number of hydrogen-bond donors (Lipinski definition) is 1. The van der Waals surface area contributed by atoms with E-state index >= 15 is 0 Å². The summed E-state index contributed by atoms with van der Waals surface area (Å²) in [4.78, 5) is 0. The van der Waals surface area contributed by atoms with Gasteiger partial charge in [-0.15, -0.1) is 12.1 Å². The van der Waals surface area contributed by atoms with E-state index in [1.54, 1.807) is 0 Å². The van der Waals surface area contributed by atoms with Gasteiger partial charge in [0.05, 0.1) is 0 Å². The zero-order valence-corrected chi connectivity index (χ0v) is 19.8. The Kier molecular flexibility index (Phi) is 6.66. The second-order valence-electron chi connectivity index (χ2n) is 8.01. The second-order valence-corrected chi connectivity index (χ2v) is 11.3. The number of hydrogen-bond acceptors (Lipinski definition) is 1. The number of benzene rings is 5. The van der Waals surface area contributed by atoms with E-state index in [0.29, 0.717) is 0 Å². The van der Waals surface area contributed by atoms with Gasteiger partial charge in [0.25, 0.3) is 0 Å². The molecule has 0 saturated carbocycles. The van der Waals surface area contributed by atoms with Crippen LogP contribution in [0.2, 0.25) is 0 Å². The quantitative estimate of drug-likeness (QED) is 0.160. The van der Waals surface area contributed by atoms with E-state index in [1.165, 1.54) is 21.2 Å². The lowest BCUT2D eigenvalue weighted by Gasteiger charge is -2.33. The Balaban J connectivity index is 1.86. The molecular weight excluding hydrogens is 429 g/mol. The SMILES string of the molecule is [C-](Nc1ccccc1)=C(c1ccccc1)[P+](c1ccccc1)(c1ccccc1)c1ccccc1. The molecule has 0 spiro atoms. The summed E-state index contributed by atoms with van der Waals surface area (Å²) >= 11 is 0. The zero-order chi connectivity index (χ0) is 23.1. The third kappa shape index (κ3) is 4.31. The molecule has 0 radical (unpaired) electrons. The minimum atomic E-state index is -2.28. The van der Waals surface area contributed by atoms with Crippen LogP contribution in [0.1, 0.15) is 5.56 Å². The van der Waals surface area contributed by atoms with E-state index in [2.05, 4.69) is 145 Å². The Bertz CT molecular complexity index is 1240. The molecule has 0 unspecified atom stereocenters. The van der Waals surface area contributed by atoms with Gasteiger partial charge in [-0.25, -0.2) is 0 Å². The lowest BCUT2D eigenvalue weighted by molar-refractivity contribution is 1.54. The Morgan fingerprint density at radius 1 is 0.441 bits per heavy atom. The van der Waals surface area contributed by atoms with Crippen molar-refractivity contribution in [1.29, 1.82) is 0 Å². The summed E-state index contributed by atoms with van der Waals surface area (Å²) in [6.45, 7) is 0. The minimum Gasteiger partial charge on any atom is -0.465 e. The van der Waals surface area contributed by atoms with Crippen LogP contribution in [0.15, 0.2) is 152 Å². The van der Waals surface area contributed by atoms with Crippen LogP contribution in [0.25, 0.3) is 5.31 Å². The van der Waals surface area contributed by atoms with Crippen LogP contribution in [0.3, 0.4) is 0 Å². The summed E-state index contributed by atoms with van der Waals surface area (Å²) in [5.74, 6) is 0. The van der Waals surface area contributed by atoms with Crippen molar-refractivity contribution in [3.05, 3.63) is 163 Å². The first-order valence-corrected chi connectivity index (χ1v) is 13.2. The van der Waals surface area contributed by atoms with E-state index < -0.39 is 7.26 Å². The molecule has 0 saturated heterocycles. The molecule has 0 amide bonds. The summed E-state index contributed by atoms with van der Waals surface area (Å²) in [5.41, 5.74) is 2.18. The van der Waals surface area contributed by atoms with Gasteiger partial charge in [0.1, 0.15) is 23.2 Å². The second kappa shape index (κ2) is 10.3. The minimum absolute atomic E-state index is 1.02. The smallest absolute Gasteiger partial charge is 0.121 e. The topological polar surface area (TPSA) is 12.0 Å². The van der Waals surface area contributed by atoms with E-state index in [1.807, 2.05) is 18.2 Å². The largest absolute Gasteiger partial charge is 0.465 e. The van der Waals surface area contributed by atoms with Gasteiger partial charge in [0.2, 0.25) is 0 Å². The molecule has 0 aliphatic carbocycles. The summed E-state index contributed by atoms with van der Waals surface area (Å²) in [5, 5.41) is 8.56. The van der Waals surface area contributed by atoms with Gasteiger partial charge in [-0.2, -0.15) is 0 Å². The maximum Gasteiger partial charge on any atom is 0.121 e. The van der Waals surface area contributed by atoms with Crippen LogP contribution >= 0.6 is 7.26 Å². The van der Waals surface area contributed by atoms with E-state index in [9.17, 15) is 0 Å². The van der Waals surface area contributed by atoms with Crippen LogP contribution < -0.4 is 21.2 Å². The predicted octanol–water partition coefficient (Wildman–Crippen LogP) is 6.89. The van der Waals surface area contributed by atoms with Crippen LogP contribution in [0, 0.1) is 6.20 Å². The Morgan fingerprint density at radius 2 is 0.794 bits per heavy atom. The highest BCUT2D eigenvalue weighted by Crippen LogP contribution is 2.66. The first-order valence-electron chi connectivity index (χ1n) is 11.4. The van der Waals surface area contributed by atoms with Crippen molar-refractivity contribution in [2.45, 2.75) is 0 Å². The fraction of sp³-hybridized carbons (Fsp3) is 0. The number of nitrogens with one attached hydrogen (secondary N) is 1. The molecule has 164 valence electrons. The lowest BCUT2D eigenvalue weighted by Crippen LogP contribution is -2.32. The molecule has 0 fully saturated rings. The normalized spacial score (nSPS) is 11.7. The van der Waals surface area contributed by atoms with Crippen molar-refractivity contribution < 1.29 is 0 Å². The van der Waals surface area contributed by atoms with Crippen molar-refractivity contribution in [2.24, 2.45) is 0 Å². The molecular formula is C32H26NP. The first-order chi connectivity index (χ1) is 16.9. The molecule has 0 aromatic heterocycles. The monoisotopic (exact) mass is 455 g/mol. The standard InChI is InChI=1S/C32H26NP/c1-6-16-27(17-7-1)32(26-33-28-18-8-2-9-19-28)34(29-20-10-3-11-21-29,30-22-12-4-13-23-30)31-24-14-5-15-25-31/h1-25,33H. The highest BCUT2D eigenvalue weighted by Gasteiger charge is 2.47. The van der Waals surface area contributed by atoms with Gasteiger partial charge < -0.3 is 5.32 Å². The van der Waals surface area contributed by atoms with E-state index in [4.69, 9.17) is 0 Å². The van der Waals surface area contributed by atoms with Crippen LogP contribution in [0.5, 0.6) is 0 Å². The van der Waals surface area contributed by atoms with Gasteiger partial charge in [-0.05, 0) is 36.4 Å². The highest BCUT2D eigenvalue weighted by molar-refractivity contribution is 8.03. The van der Waals surface area contributed by atoms with Gasteiger partial charge >= 0.3 is 0 Å². The third-order valence-electron chi connectivity index (χ3n) is 5.91. The molecule has 2 heteroatoms. The molecule has 5 aromatic carbocycles. The molecule has 0 aliphatic rings. The molecule has 0 heterocycles. The van der Waals surface area contributed by atoms with Crippen LogP contribution in [-0.2, 0) is 0 Å². The number of para-hydroxylation sites is 1. The van der Waals surface area contributed by atoms with Crippen molar-refractivity contribution in [3.63, 3.8) is 0 Å². The highest BCUT2D eigenvalue weighted by atomic mass is 31.2. The van der Waals surface area contributed by atoms with Gasteiger partial charge in [0.15, 0.2) is 0 Å². The Morgan fingerprint density at radius 3 is 1.21 bits per heavy atom. The predicted molar refractivity (Wildman–Crippen MR) is 148 cm³/mol. The van der Waals surface area contributed by atoms with Gasteiger partial charge in [-0.3, -0.25) is 0 Å². The first kappa shape index (κ1) is 21.9. The van der Waals surface area contributed by atoms with E-state index in [0.717, 1.165) is 11.3 Å². The number of anilines is 1. The van der Waals surface area contributed by atoms with Gasteiger partial charge in [0, 0.05) is 5.31 Å². The van der Waals surface area contributed by atoms with Crippen molar-refractivity contribution in [2.75, 3.05) is 5.32 Å². The molecule has 0 bridgehead atoms. The molecule has 34 heavy (non-hydrogen) atoms. The average molecular weight is 456 g/mol. The summed E-state index contributed by atoms with van der Waals surface area (Å²) < 4.78 is 0. The molecule has 0 aliphatic heterocycles. The third-order valence-corrected chi connectivity index (χ3v) is 10.2. The molecule has 0 atom stereocenters. The van der Waals surface area contributed by atoms with Crippen molar-refractivity contribution in [3.8, 4) is 0 Å². The maximum absolute atomic E-state index is 3.70. The molecule has 5 aromatic rings. The fourth-order valence-corrected chi connectivity index (χ4v) is 8.67. The van der Waals surface area contributed by atoms with Crippen molar-refractivity contribution >= 4 is 34.2 Å². The van der Waals surface area contributed by atoms with Crippen LogP contribution in [0.4, 0.5) is 5.69 Å². The summed E-state index contributed by atoms with van der Waals surface area (Å²) in [6.07, 6.45) is 3.70.